The molecule has 1 aromatic heterocycles. The number of likely N-dealkylation sites (tertiary alicyclic amines) is 1. The average Bonchev–Trinajstić information content (AvgIpc) is 3.44. The Hall–Kier alpha value is -3.72. The number of rotatable bonds is 5. The maximum Gasteiger partial charge on any atom is 0.413 e. The topological polar surface area (TPSA) is 109 Å². The lowest BCUT2D eigenvalue weighted by Crippen LogP contribution is -2.45. The van der Waals surface area contributed by atoms with E-state index < -0.39 is 18.0 Å². The van der Waals surface area contributed by atoms with Gasteiger partial charge < -0.3 is 14.7 Å². The van der Waals surface area contributed by atoms with E-state index in [1.165, 1.54) is 0 Å². The molecule has 3 aromatic rings. The summed E-state index contributed by atoms with van der Waals surface area (Å²) >= 11 is 1.15. The fourth-order valence-electron chi connectivity index (χ4n) is 5.01. The van der Waals surface area contributed by atoms with Gasteiger partial charge in [-0.25, -0.2) is 9.78 Å². The minimum absolute atomic E-state index is 0.0442. The van der Waals surface area contributed by atoms with Gasteiger partial charge in [-0.1, -0.05) is 55.5 Å². The highest BCUT2D eigenvalue weighted by Gasteiger charge is 2.34. The molecule has 2 unspecified atom stereocenters. The summed E-state index contributed by atoms with van der Waals surface area (Å²) in [6.45, 7) is 2.76. The standard InChI is InChI=1S/C26H25N3O5S/c1-15-12-29(11-10-16(15)24(31)32)23(30)22-14-35-25(27-22)28-26(33)34-13-21-19-8-4-2-6-17(19)18-7-3-5-9-20(18)21/h2-9,14-16,21H,10-13H2,1H3,(H,31,32)(H,27,28,33). The molecule has 1 saturated heterocycles. The number of hydrogen-bond acceptors (Lipinski definition) is 6. The summed E-state index contributed by atoms with van der Waals surface area (Å²) in [5.74, 6) is -1.72. The molecule has 0 spiro atoms. The first-order valence-corrected chi connectivity index (χ1v) is 12.4. The Morgan fingerprint density at radius 3 is 2.40 bits per heavy atom. The Bertz CT molecular complexity index is 1240. The number of nitrogens with zero attached hydrogens (tertiary/aromatic N) is 2. The summed E-state index contributed by atoms with van der Waals surface area (Å²) < 4.78 is 5.54. The van der Waals surface area contributed by atoms with Crippen molar-refractivity contribution in [3.05, 3.63) is 70.7 Å². The lowest BCUT2D eigenvalue weighted by Gasteiger charge is -2.34. The Morgan fingerprint density at radius 2 is 1.77 bits per heavy atom. The minimum Gasteiger partial charge on any atom is -0.481 e. The highest BCUT2D eigenvalue weighted by Crippen LogP contribution is 2.44. The maximum atomic E-state index is 12.8. The molecule has 35 heavy (non-hydrogen) atoms. The van der Waals surface area contributed by atoms with Gasteiger partial charge in [-0.3, -0.25) is 14.9 Å². The van der Waals surface area contributed by atoms with E-state index in [0.29, 0.717) is 19.5 Å². The molecule has 0 radical (unpaired) electrons. The second-order valence-corrected chi connectivity index (χ2v) is 9.81. The normalized spacial score (nSPS) is 19.1. The molecule has 2 atom stereocenters. The number of benzene rings is 2. The molecule has 180 valence electrons. The number of nitrogens with one attached hydrogen (secondary N) is 1. The van der Waals surface area contributed by atoms with Gasteiger partial charge in [-0.2, -0.15) is 0 Å². The van der Waals surface area contributed by atoms with Crippen molar-refractivity contribution in [1.29, 1.82) is 0 Å². The van der Waals surface area contributed by atoms with Gasteiger partial charge in [0, 0.05) is 24.4 Å². The van der Waals surface area contributed by atoms with Gasteiger partial charge in [-0.15, -0.1) is 11.3 Å². The molecule has 2 heterocycles. The van der Waals surface area contributed by atoms with Crippen LogP contribution in [0.15, 0.2) is 53.9 Å². The van der Waals surface area contributed by atoms with Crippen LogP contribution in [0.1, 0.15) is 40.9 Å². The lowest BCUT2D eigenvalue weighted by molar-refractivity contribution is -0.145. The summed E-state index contributed by atoms with van der Waals surface area (Å²) in [5.41, 5.74) is 4.79. The smallest absolute Gasteiger partial charge is 0.413 e. The van der Waals surface area contributed by atoms with Crippen LogP contribution in [-0.4, -0.2) is 52.7 Å². The van der Waals surface area contributed by atoms with E-state index >= 15 is 0 Å². The highest BCUT2D eigenvalue weighted by atomic mass is 32.1. The van der Waals surface area contributed by atoms with E-state index in [-0.39, 0.29) is 35.2 Å². The summed E-state index contributed by atoms with van der Waals surface area (Å²) in [7, 11) is 0. The monoisotopic (exact) mass is 491 g/mol. The van der Waals surface area contributed by atoms with Crippen molar-refractivity contribution < 1.29 is 24.2 Å². The molecule has 1 aliphatic heterocycles. The van der Waals surface area contributed by atoms with Crippen molar-refractivity contribution in [1.82, 2.24) is 9.88 Å². The number of amides is 2. The molecule has 0 bridgehead atoms. The van der Waals surface area contributed by atoms with Crippen molar-refractivity contribution in [2.45, 2.75) is 19.3 Å². The van der Waals surface area contributed by atoms with Gasteiger partial charge >= 0.3 is 12.1 Å². The van der Waals surface area contributed by atoms with Crippen LogP contribution in [0, 0.1) is 11.8 Å². The summed E-state index contributed by atoms with van der Waals surface area (Å²) in [6.07, 6.45) is -0.215. The number of ether oxygens (including phenoxy) is 1. The van der Waals surface area contributed by atoms with Crippen LogP contribution < -0.4 is 5.32 Å². The Morgan fingerprint density at radius 1 is 1.11 bits per heavy atom. The number of carbonyl (C=O) groups is 3. The molecular weight excluding hydrogens is 466 g/mol. The van der Waals surface area contributed by atoms with Gasteiger partial charge in [0.15, 0.2) is 5.13 Å². The van der Waals surface area contributed by atoms with Gasteiger partial charge in [0.2, 0.25) is 0 Å². The second-order valence-electron chi connectivity index (χ2n) is 8.95. The second kappa shape index (κ2) is 9.50. The molecular formula is C26H25N3O5S. The van der Waals surface area contributed by atoms with Crippen LogP contribution >= 0.6 is 11.3 Å². The zero-order valence-electron chi connectivity index (χ0n) is 19.1. The van der Waals surface area contributed by atoms with E-state index in [1.807, 2.05) is 31.2 Å². The van der Waals surface area contributed by atoms with Crippen LogP contribution in [0.3, 0.4) is 0 Å². The average molecular weight is 492 g/mol. The van der Waals surface area contributed by atoms with E-state index in [9.17, 15) is 19.5 Å². The molecule has 5 rings (SSSR count). The van der Waals surface area contributed by atoms with Crippen LogP contribution in [0.2, 0.25) is 0 Å². The fourth-order valence-corrected chi connectivity index (χ4v) is 5.68. The third kappa shape index (κ3) is 4.51. The number of hydrogen-bond donors (Lipinski definition) is 2. The van der Waals surface area contributed by atoms with Crippen molar-refractivity contribution >= 4 is 34.4 Å². The molecule has 8 nitrogen and oxygen atoms in total. The molecule has 2 N–H and O–H groups in total. The maximum absolute atomic E-state index is 12.8. The summed E-state index contributed by atoms with van der Waals surface area (Å²) in [4.78, 5) is 42.5. The molecule has 2 amide bonds. The molecule has 9 heteroatoms. The quantitative estimate of drug-likeness (QED) is 0.536. The molecule has 1 aliphatic carbocycles. The predicted molar refractivity (Wildman–Crippen MR) is 132 cm³/mol. The largest absolute Gasteiger partial charge is 0.481 e. The number of carboxylic acids is 1. The van der Waals surface area contributed by atoms with Crippen molar-refractivity contribution in [3.63, 3.8) is 0 Å². The van der Waals surface area contributed by atoms with Crippen LogP contribution in [0.25, 0.3) is 11.1 Å². The van der Waals surface area contributed by atoms with Gasteiger partial charge in [0.05, 0.1) is 5.92 Å². The molecule has 2 aromatic carbocycles. The summed E-state index contributed by atoms with van der Waals surface area (Å²) in [5, 5.41) is 13.8. The van der Waals surface area contributed by atoms with Crippen LogP contribution in [-0.2, 0) is 9.53 Å². The molecule has 0 saturated carbocycles. The van der Waals surface area contributed by atoms with Gasteiger partial charge in [0.1, 0.15) is 12.3 Å². The Balaban J connectivity index is 1.19. The summed E-state index contributed by atoms with van der Waals surface area (Å²) in [6, 6.07) is 16.2. The number of anilines is 1. The van der Waals surface area contributed by atoms with Gasteiger partial charge in [0.25, 0.3) is 5.91 Å². The Labute approximate surface area is 206 Å². The predicted octanol–water partition coefficient (Wildman–Crippen LogP) is 4.69. The van der Waals surface area contributed by atoms with Crippen molar-refractivity contribution in [2.75, 3.05) is 25.0 Å². The number of aromatic nitrogens is 1. The highest BCUT2D eigenvalue weighted by molar-refractivity contribution is 7.14. The molecule has 2 aliphatic rings. The van der Waals surface area contributed by atoms with Crippen molar-refractivity contribution in [2.24, 2.45) is 11.8 Å². The third-order valence-corrected chi connectivity index (χ3v) is 7.54. The fraction of sp³-hybridized carbons (Fsp3) is 0.308. The lowest BCUT2D eigenvalue weighted by atomic mass is 9.87. The zero-order chi connectivity index (χ0) is 24.5. The van der Waals surface area contributed by atoms with Crippen molar-refractivity contribution in [3.8, 4) is 11.1 Å². The van der Waals surface area contributed by atoms with E-state index in [2.05, 4.69) is 34.6 Å². The van der Waals surface area contributed by atoms with E-state index in [4.69, 9.17) is 4.74 Å². The number of carboxylic acid groups (broad SMARTS) is 1. The first-order valence-electron chi connectivity index (χ1n) is 11.5. The van der Waals surface area contributed by atoms with E-state index in [0.717, 1.165) is 33.6 Å². The molecule has 1 fully saturated rings. The number of fused-ring (bicyclic) bond motifs is 3. The number of aliphatic carboxylic acids is 1. The first kappa shape index (κ1) is 23.0. The number of carbonyl (C=O) groups excluding carboxylic acids is 2. The minimum atomic E-state index is -0.826. The van der Waals surface area contributed by atoms with Crippen LogP contribution in [0.5, 0.6) is 0 Å². The van der Waals surface area contributed by atoms with E-state index in [1.54, 1.807) is 10.3 Å². The Kier molecular flexibility index (Phi) is 6.25. The van der Waals surface area contributed by atoms with Crippen LogP contribution in [0.4, 0.5) is 9.93 Å². The SMILES string of the molecule is CC1CN(C(=O)c2csc(NC(=O)OCC3c4ccccc4-c4ccccc43)n2)CCC1C(=O)O. The number of piperidine rings is 1. The number of thiazole rings is 1. The zero-order valence-corrected chi connectivity index (χ0v) is 20.0. The third-order valence-electron chi connectivity index (χ3n) is 6.79. The van der Waals surface area contributed by atoms with Gasteiger partial charge in [-0.05, 0) is 34.6 Å². The first-order chi connectivity index (χ1) is 16.9.